The van der Waals surface area contributed by atoms with Crippen molar-refractivity contribution in [3.63, 3.8) is 0 Å². The molecule has 0 aromatic heterocycles. The van der Waals surface area contributed by atoms with E-state index in [2.05, 4.69) is 31.2 Å². The van der Waals surface area contributed by atoms with E-state index in [-0.39, 0.29) is 0 Å². The Balaban J connectivity index is 1.63. The fraction of sp³-hybridized carbons (Fsp3) is 0.455. The molecule has 0 radical (unpaired) electrons. The quantitative estimate of drug-likeness (QED) is 0.624. The second kappa shape index (κ2) is 7.46. The van der Waals surface area contributed by atoms with Crippen LogP contribution in [0.15, 0.2) is 36.4 Å². The summed E-state index contributed by atoms with van der Waals surface area (Å²) >= 11 is 0. The Bertz CT molecular complexity index is 680. The summed E-state index contributed by atoms with van der Waals surface area (Å²) in [5.41, 5.74) is 3.16. The van der Waals surface area contributed by atoms with Crippen LogP contribution in [-0.2, 0) is 12.8 Å². The maximum atomic E-state index is 14.0. The summed E-state index contributed by atoms with van der Waals surface area (Å²) in [4.78, 5) is 0. The van der Waals surface area contributed by atoms with Crippen LogP contribution in [0.25, 0.3) is 0 Å². The first kappa shape index (κ1) is 17.1. The highest BCUT2D eigenvalue weighted by Crippen LogP contribution is 2.30. The van der Waals surface area contributed by atoms with E-state index in [1.807, 2.05) is 0 Å². The summed E-state index contributed by atoms with van der Waals surface area (Å²) < 4.78 is 27.7. The van der Waals surface area contributed by atoms with Crippen LogP contribution >= 0.6 is 0 Å². The molecule has 1 aliphatic rings. The molecule has 0 atom stereocenters. The highest BCUT2D eigenvalue weighted by molar-refractivity contribution is 5.32. The minimum atomic E-state index is -0.726. The van der Waals surface area contributed by atoms with Crippen LogP contribution in [0.3, 0.4) is 0 Å². The summed E-state index contributed by atoms with van der Waals surface area (Å²) in [5, 5.41) is 0. The largest absolute Gasteiger partial charge is 0.203 e. The van der Waals surface area contributed by atoms with E-state index >= 15 is 0 Å². The zero-order chi connectivity index (χ0) is 17.1. The smallest absolute Gasteiger partial charge is 0.162 e. The van der Waals surface area contributed by atoms with E-state index in [1.54, 1.807) is 19.1 Å². The lowest BCUT2D eigenvalue weighted by Crippen LogP contribution is -2.14. The molecule has 0 nitrogen and oxygen atoms in total. The molecule has 0 aliphatic heterocycles. The molecule has 0 N–H and O–H groups in total. The second-order valence-corrected chi connectivity index (χ2v) is 7.49. The van der Waals surface area contributed by atoms with Crippen LogP contribution in [0.4, 0.5) is 8.78 Å². The molecule has 1 aliphatic carbocycles. The number of rotatable bonds is 4. The van der Waals surface area contributed by atoms with Gasteiger partial charge in [0.25, 0.3) is 0 Å². The zero-order valence-corrected chi connectivity index (χ0v) is 14.6. The van der Waals surface area contributed by atoms with Crippen molar-refractivity contribution < 1.29 is 8.78 Å². The molecular formula is C22H26F2. The van der Waals surface area contributed by atoms with Gasteiger partial charge in [0, 0.05) is 6.42 Å². The molecule has 1 fully saturated rings. The molecule has 0 unspecified atom stereocenters. The summed E-state index contributed by atoms with van der Waals surface area (Å²) in [6.45, 7) is 3.93. The first-order valence-electron chi connectivity index (χ1n) is 9.04. The van der Waals surface area contributed by atoms with Gasteiger partial charge in [0.05, 0.1) is 0 Å². The van der Waals surface area contributed by atoms with Crippen molar-refractivity contribution in [3.8, 4) is 0 Å². The molecular weight excluding hydrogens is 302 g/mol. The Hall–Kier alpha value is -1.70. The van der Waals surface area contributed by atoms with Gasteiger partial charge in [-0.1, -0.05) is 56.2 Å². The minimum absolute atomic E-state index is 0.355. The number of benzene rings is 2. The van der Waals surface area contributed by atoms with Gasteiger partial charge in [-0.15, -0.1) is 0 Å². The van der Waals surface area contributed by atoms with Gasteiger partial charge in [-0.3, -0.25) is 0 Å². The fourth-order valence-electron chi connectivity index (χ4n) is 3.70. The van der Waals surface area contributed by atoms with E-state index in [0.29, 0.717) is 17.5 Å². The summed E-state index contributed by atoms with van der Waals surface area (Å²) in [6.07, 6.45) is 6.93. The van der Waals surface area contributed by atoms with Crippen molar-refractivity contribution >= 4 is 0 Å². The van der Waals surface area contributed by atoms with Crippen LogP contribution in [0.1, 0.15) is 54.9 Å². The highest BCUT2D eigenvalue weighted by atomic mass is 19.2. The molecule has 2 heteroatoms. The highest BCUT2D eigenvalue weighted by Gasteiger charge is 2.18. The lowest BCUT2D eigenvalue weighted by molar-refractivity contribution is 0.289. The Labute approximate surface area is 143 Å². The van der Waals surface area contributed by atoms with Crippen LogP contribution in [0, 0.1) is 30.4 Å². The topological polar surface area (TPSA) is 0 Å². The van der Waals surface area contributed by atoms with Crippen molar-refractivity contribution in [2.75, 3.05) is 0 Å². The fourth-order valence-corrected chi connectivity index (χ4v) is 3.70. The number of hydrogen-bond acceptors (Lipinski definition) is 0. The molecule has 1 saturated carbocycles. The maximum Gasteiger partial charge on any atom is 0.162 e. The van der Waals surface area contributed by atoms with Gasteiger partial charge in [0.1, 0.15) is 0 Å². The average Bonchev–Trinajstić information content (AvgIpc) is 2.59. The average molecular weight is 328 g/mol. The second-order valence-electron chi connectivity index (χ2n) is 7.49. The van der Waals surface area contributed by atoms with E-state index in [0.717, 1.165) is 23.8 Å². The van der Waals surface area contributed by atoms with Crippen LogP contribution in [0.2, 0.25) is 0 Å². The summed E-state index contributed by atoms with van der Waals surface area (Å²) in [6, 6.07) is 11.7. The van der Waals surface area contributed by atoms with E-state index in [9.17, 15) is 8.78 Å². The Morgan fingerprint density at radius 3 is 2.12 bits per heavy atom. The van der Waals surface area contributed by atoms with Crippen molar-refractivity contribution in [2.45, 2.75) is 52.4 Å². The minimum Gasteiger partial charge on any atom is -0.203 e. The first-order chi connectivity index (χ1) is 11.5. The third-order valence-corrected chi connectivity index (χ3v) is 5.43. The number of aryl methyl sites for hydroxylation is 1. The summed E-state index contributed by atoms with van der Waals surface area (Å²) in [7, 11) is 0. The van der Waals surface area contributed by atoms with Crippen molar-refractivity contribution in [2.24, 2.45) is 11.8 Å². The van der Waals surface area contributed by atoms with Crippen LogP contribution in [-0.4, -0.2) is 0 Å². The monoisotopic (exact) mass is 328 g/mol. The SMILES string of the molecule is Cc1ccc(Cc2ccc(CC3CCC(C)CC3)cc2)c(F)c1F. The third kappa shape index (κ3) is 4.03. The molecule has 2 aromatic carbocycles. The lowest BCUT2D eigenvalue weighted by atomic mass is 9.80. The molecule has 24 heavy (non-hydrogen) atoms. The molecule has 0 spiro atoms. The zero-order valence-electron chi connectivity index (χ0n) is 14.6. The van der Waals surface area contributed by atoms with Gasteiger partial charge < -0.3 is 0 Å². The van der Waals surface area contributed by atoms with Crippen molar-refractivity contribution in [3.05, 3.63) is 70.3 Å². The number of halogens is 2. The third-order valence-electron chi connectivity index (χ3n) is 5.43. The van der Waals surface area contributed by atoms with Gasteiger partial charge in [0.2, 0.25) is 0 Å². The van der Waals surface area contributed by atoms with Gasteiger partial charge in [0.15, 0.2) is 11.6 Å². The van der Waals surface area contributed by atoms with E-state index in [4.69, 9.17) is 0 Å². The Morgan fingerprint density at radius 2 is 1.46 bits per heavy atom. The summed E-state index contributed by atoms with van der Waals surface area (Å²) in [5.74, 6) is 0.246. The molecule has 3 rings (SSSR count). The van der Waals surface area contributed by atoms with Crippen molar-refractivity contribution in [1.29, 1.82) is 0 Å². The standard InChI is InChI=1S/C22H26F2/c1-15-3-6-17(7-4-15)13-18-8-10-19(11-9-18)14-20-12-5-16(2)21(23)22(20)24/h5,8-12,15,17H,3-4,6-7,13-14H2,1-2H3. The van der Waals surface area contributed by atoms with Gasteiger partial charge in [-0.05, 0) is 60.3 Å². The van der Waals surface area contributed by atoms with Crippen LogP contribution < -0.4 is 0 Å². The normalized spacial score (nSPS) is 21.0. The van der Waals surface area contributed by atoms with Crippen molar-refractivity contribution in [1.82, 2.24) is 0 Å². The van der Waals surface area contributed by atoms with E-state index < -0.39 is 11.6 Å². The molecule has 0 heterocycles. The molecule has 0 saturated heterocycles. The predicted molar refractivity (Wildman–Crippen MR) is 95.2 cm³/mol. The van der Waals surface area contributed by atoms with Gasteiger partial charge in [-0.2, -0.15) is 0 Å². The Morgan fingerprint density at radius 1 is 0.833 bits per heavy atom. The van der Waals surface area contributed by atoms with Gasteiger partial charge >= 0.3 is 0 Å². The molecule has 2 aromatic rings. The first-order valence-corrected chi connectivity index (χ1v) is 9.04. The molecule has 0 bridgehead atoms. The molecule has 128 valence electrons. The van der Waals surface area contributed by atoms with Crippen LogP contribution in [0.5, 0.6) is 0 Å². The predicted octanol–water partition coefficient (Wildman–Crippen LogP) is 6.23. The van der Waals surface area contributed by atoms with Gasteiger partial charge in [-0.25, -0.2) is 8.78 Å². The Kier molecular flexibility index (Phi) is 5.33. The number of hydrogen-bond donors (Lipinski definition) is 0. The molecule has 0 amide bonds. The van der Waals surface area contributed by atoms with E-state index in [1.165, 1.54) is 31.2 Å². The maximum absolute atomic E-state index is 14.0. The lowest BCUT2D eigenvalue weighted by Gasteiger charge is -2.26.